The van der Waals surface area contributed by atoms with E-state index in [2.05, 4.69) is 65.6 Å². The molecule has 1 N–H and O–H groups in total. The average Bonchev–Trinajstić information content (AvgIpc) is 2.70. The van der Waals surface area contributed by atoms with Gasteiger partial charge in [-0.2, -0.15) is 0 Å². The minimum absolute atomic E-state index is 0.206. The minimum Gasteiger partial charge on any atom is -0.494 e. The predicted molar refractivity (Wildman–Crippen MR) is 115 cm³/mol. The highest BCUT2D eigenvalue weighted by atomic mass is 16.5. The monoisotopic (exact) mass is 389 g/mol. The van der Waals surface area contributed by atoms with Crippen LogP contribution in [0.25, 0.3) is 10.8 Å². The lowest BCUT2D eigenvalue weighted by Crippen LogP contribution is -2.49. The van der Waals surface area contributed by atoms with Gasteiger partial charge >= 0.3 is 5.97 Å². The summed E-state index contributed by atoms with van der Waals surface area (Å²) in [6, 6.07) is 23.2. The standard InChI is InChI=1S/C25H27NO3/c27-25(28)23-17-26(18-23)16-20-9-10-22-15-24(12-11-21(22)14-20)29-13-5-4-8-19-6-2-1-3-7-19/h1-3,6-7,9-12,14-15,23H,4-5,8,13,16-18H2,(H,27,28). The maximum absolute atomic E-state index is 10.9. The molecule has 4 nitrogen and oxygen atoms in total. The zero-order chi connectivity index (χ0) is 20.1. The summed E-state index contributed by atoms with van der Waals surface area (Å²) in [6.07, 6.45) is 3.26. The summed E-state index contributed by atoms with van der Waals surface area (Å²) in [5.41, 5.74) is 2.60. The number of carbonyl (C=O) groups is 1. The van der Waals surface area contributed by atoms with Crippen LogP contribution in [0.1, 0.15) is 24.0 Å². The van der Waals surface area contributed by atoms with Crippen molar-refractivity contribution in [2.45, 2.75) is 25.8 Å². The number of aryl methyl sites for hydroxylation is 1. The number of ether oxygens (including phenoxy) is 1. The first-order valence-corrected chi connectivity index (χ1v) is 10.3. The summed E-state index contributed by atoms with van der Waals surface area (Å²) >= 11 is 0. The average molecular weight is 389 g/mol. The topological polar surface area (TPSA) is 49.8 Å². The van der Waals surface area contributed by atoms with Crippen LogP contribution in [0.3, 0.4) is 0 Å². The van der Waals surface area contributed by atoms with E-state index >= 15 is 0 Å². The fourth-order valence-corrected chi connectivity index (χ4v) is 3.84. The Kier molecular flexibility index (Phi) is 6.11. The molecule has 0 amide bonds. The van der Waals surface area contributed by atoms with E-state index in [1.807, 2.05) is 6.07 Å². The van der Waals surface area contributed by atoms with E-state index in [0.29, 0.717) is 13.1 Å². The number of carboxylic acids is 1. The number of hydrogen-bond donors (Lipinski definition) is 1. The molecule has 0 aromatic heterocycles. The van der Waals surface area contributed by atoms with Gasteiger partial charge in [-0.1, -0.05) is 48.5 Å². The molecule has 0 atom stereocenters. The molecule has 4 rings (SSSR count). The Hall–Kier alpha value is -2.85. The van der Waals surface area contributed by atoms with Gasteiger partial charge in [-0.05, 0) is 59.4 Å². The summed E-state index contributed by atoms with van der Waals surface area (Å²) in [5, 5.41) is 11.3. The molecule has 0 spiro atoms. The first-order chi connectivity index (χ1) is 14.2. The second kappa shape index (κ2) is 9.10. The van der Waals surface area contributed by atoms with Crippen LogP contribution in [0.15, 0.2) is 66.7 Å². The van der Waals surface area contributed by atoms with Crippen LogP contribution in [-0.2, 0) is 17.8 Å². The van der Waals surface area contributed by atoms with Crippen molar-refractivity contribution < 1.29 is 14.6 Å². The fourth-order valence-electron chi connectivity index (χ4n) is 3.84. The van der Waals surface area contributed by atoms with Crippen molar-refractivity contribution in [3.63, 3.8) is 0 Å². The van der Waals surface area contributed by atoms with E-state index in [1.165, 1.54) is 21.9 Å². The van der Waals surface area contributed by atoms with Gasteiger partial charge < -0.3 is 9.84 Å². The van der Waals surface area contributed by atoms with Crippen molar-refractivity contribution in [1.82, 2.24) is 4.90 Å². The molecule has 0 aliphatic carbocycles. The highest BCUT2D eigenvalue weighted by molar-refractivity contribution is 5.84. The normalized spacial score (nSPS) is 14.6. The van der Waals surface area contributed by atoms with E-state index in [0.717, 1.165) is 38.2 Å². The molecule has 3 aromatic carbocycles. The maximum Gasteiger partial charge on any atom is 0.309 e. The van der Waals surface area contributed by atoms with Crippen LogP contribution in [0.2, 0.25) is 0 Å². The second-order valence-corrected chi connectivity index (χ2v) is 7.86. The predicted octanol–water partition coefficient (Wildman–Crippen LogP) is 4.76. The number of aliphatic carboxylic acids is 1. The molecule has 1 fully saturated rings. The summed E-state index contributed by atoms with van der Waals surface area (Å²) in [7, 11) is 0. The van der Waals surface area contributed by atoms with Crippen molar-refractivity contribution in [3.8, 4) is 5.75 Å². The third kappa shape index (κ3) is 5.15. The van der Waals surface area contributed by atoms with E-state index in [1.54, 1.807) is 0 Å². The minimum atomic E-state index is -0.688. The van der Waals surface area contributed by atoms with Gasteiger partial charge in [0, 0.05) is 19.6 Å². The second-order valence-electron chi connectivity index (χ2n) is 7.86. The van der Waals surface area contributed by atoms with Crippen LogP contribution < -0.4 is 4.74 Å². The number of benzene rings is 3. The summed E-state index contributed by atoms with van der Waals surface area (Å²) in [5.74, 6) is 0.0206. The first-order valence-electron chi connectivity index (χ1n) is 10.3. The Bertz CT molecular complexity index is 964. The number of hydrogen-bond acceptors (Lipinski definition) is 3. The number of likely N-dealkylation sites (tertiary alicyclic amines) is 1. The summed E-state index contributed by atoms with van der Waals surface area (Å²) in [4.78, 5) is 13.1. The van der Waals surface area contributed by atoms with E-state index < -0.39 is 5.97 Å². The van der Waals surface area contributed by atoms with Crippen molar-refractivity contribution in [2.75, 3.05) is 19.7 Å². The molecule has 1 aliphatic heterocycles. The Labute approximate surface area is 171 Å². The van der Waals surface area contributed by atoms with Crippen LogP contribution in [-0.4, -0.2) is 35.7 Å². The van der Waals surface area contributed by atoms with Gasteiger partial charge in [-0.3, -0.25) is 9.69 Å². The number of unbranched alkanes of at least 4 members (excludes halogenated alkanes) is 1. The molecular weight excluding hydrogens is 362 g/mol. The van der Waals surface area contributed by atoms with Crippen LogP contribution in [0, 0.1) is 5.92 Å². The lowest BCUT2D eigenvalue weighted by Gasteiger charge is -2.36. The summed E-state index contributed by atoms with van der Waals surface area (Å²) in [6.45, 7) is 2.82. The van der Waals surface area contributed by atoms with E-state index in [4.69, 9.17) is 9.84 Å². The number of carboxylic acid groups (broad SMARTS) is 1. The van der Waals surface area contributed by atoms with Crippen molar-refractivity contribution >= 4 is 16.7 Å². The smallest absolute Gasteiger partial charge is 0.309 e. The molecule has 0 saturated carbocycles. The van der Waals surface area contributed by atoms with Crippen molar-refractivity contribution in [3.05, 3.63) is 77.9 Å². The lowest BCUT2D eigenvalue weighted by molar-refractivity contribution is -0.147. The Balaban J connectivity index is 1.25. The van der Waals surface area contributed by atoms with Crippen LogP contribution in [0.4, 0.5) is 0 Å². The Morgan fingerprint density at radius 1 is 0.931 bits per heavy atom. The van der Waals surface area contributed by atoms with Gasteiger partial charge in [0.15, 0.2) is 0 Å². The van der Waals surface area contributed by atoms with E-state index in [9.17, 15) is 4.79 Å². The molecule has 4 heteroatoms. The molecule has 1 saturated heterocycles. The molecule has 1 heterocycles. The maximum atomic E-state index is 10.9. The zero-order valence-electron chi connectivity index (χ0n) is 16.6. The van der Waals surface area contributed by atoms with Gasteiger partial charge in [0.2, 0.25) is 0 Å². The molecule has 0 radical (unpaired) electrons. The van der Waals surface area contributed by atoms with Gasteiger partial charge in [0.05, 0.1) is 12.5 Å². The quantitative estimate of drug-likeness (QED) is 0.536. The SMILES string of the molecule is O=C(O)C1CN(Cc2ccc3cc(OCCCCc4ccccc4)ccc3c2)C1. The lowest BCUT2D eigenvalue weighted by atomic mass is 9.99. The Morgan fingerprint density at radius 2 is 1.69 bits per heavy atom. The number of rotatable bonds is 9. The van der Waals surface area contributed by atoms with Crippen LogP contribution >= 0.6 is 0 Å². The van der Waals surface area contributed by atoms with Crippen molar-refractivity contribution in [1.29, 1.82) is 0 Å². The third-order valence-electron chi connectivity index (χ3n) is 5.56. The van der Waals surface area contributed by atoms with Crippen LogP contribution in [0.5, 0.6) is 5.75 Å². The fraction of sp³-hybridized carbons (Fsp3) is 0.320. The van der Waals surface area contributed by atoms with Crippen molar-refractivity contribution in [2.24, 2.45) is 5.92 Å². The molecule has 0 bridgehead atoms. The molecule has 0 unspecified atom stereocenters. The molecular formula is C25H27NO3. The largest absolute Gasteiger partial charge is 0.494 e. The molecule has 3 aromatic rings. The van der Waals surface area contributed by atoms with Gasteiger partial charge in [0.1, 0.15) is 5.75 Å². The summed E-state index contributed by atoms with van der Waals surface area (Å²) < 4.78 is 5.94. The molecule has 29 heavy (non-hydrogen) atoms. The van der Waals surface area contributed by atoms with E-state index in [-0.39, 0.29) is 5.92 Å². The molecule has 150 valence electrons. The van der Waals surface area contributed by atoms with Gasteiger partial charge in [-0.15, -0.1) is 0 Å². The van der Waals surface area contributed by atoms with Gasteiger partial charge in [0.25, 0.3) is 0 Å². The Morgan fingerprint density at radius 3 is 2.48 bits per heavy atom. The first kappa shape index (κ1) is 19.5. The highest BCUT2D eigenvalue weighted by Crippen LogP contribution is 2.25. The third-order valence-corrected chi connectivity index (χ3v) is 5.56. The zero-order valence-corrected chi connectivity index (χ0v) is 16.6. The van der Waals surface area contributed by atoms with Gasteiger partial charge in [-0.25, -0.2) is 0 Å². The molecule has 1 aliphatic rings. The number of fused-ring (bicyclic) bond motifs is 1. The highest BCUT2D eigenvalue weighted by Gasteiger charge is 2.32. The number of nitrogens with zero attached hydrogens (tertiary/aromatic N) is 1.